The van der Waals surface area contributed by atoms with Gasteiger partial charge in [-0.15, -0.1) is 0 Å². The van der Waals surface area contributed by atoms with E-state index >= 15 is 0 Å². The first-order valence-corrected chi connectivity index (χ1v) is 7.79. The van der Waals surface area contributed by atoms with Crippen molar-refractivity contribution < 1.29 is 4.74 Å². The minimum Gasteiger partial charge on any atom is -0.382 e. The summed E-state index contributed by atoms with van der Waals surface area (Å²) in [5.41, 5.74) is 0. The van der Waals surface area contributed by atoms with E-state index in [-0.39, 0.29) is 0 Å². The van der Waals surface area contributed by atoms with E-state index in [1.807, 2.05) is 6.92 Å². The van der Waals surface area contributed by atoms with E-state index in [9.17, 15) is 0 Å². The lowest BCUT2D eigenvalue weighted by Gasteiger charge is -2.24. The number of rotatable bonds is 6. The topological polar surface area (TPSA) is 24.5 Å². The molecule has 1 saturated heterocycles. The largest absolute Gasteiger partial charge is 0.382 e. The third kappa shape index (κ3) is 6.01. The van der Waals surface area contributed by atoms with Crippen LogP contribution in [0.15, 0.2) is 0 Å². The first kappa shape index (κ1) is 15.7. The Balaban J connectivity index is 2.16. The Morgan fingerprint density at radius 1 is 1.33 bits per heavy atom. The van der Waals surface area contributed by atoms with Gasteiger partial charge in [0.25, 0.3) is 0 Å². The van der Waals surface area contributed by atoms with Gasteiger partial charge in [0.1, 0.15) is 0 Å². The Bertz CT molecular complexity index is 236. The third-order valence-electron chi connectivity index (χ3n) is 3.66. The van der Waals surface area contributed by atoms with Crippen LogP contribution in [0.5, 0.6) is 0 Å². The summed E-state index contributed by atoms with van der Waals surface area (Å²) in [4.78, 5) is 2.34. The number of likely N-dealkylation sites (tertiary alicyclic amines) is 1. The highest BCUT2D eigenvalue weighted by atomic mass is 32.1. The maximum Gasteiger partial charge on any atom is 0.168 e. The summed E-state index contributed by atoms with van der Waals surface area (Å²) in [6.45, 7) is 9.11. The van der Waals surface area contributed by atoms with Crippen LogP contribution in [-0.4, -0.2) is 42.9 Å². The molecule has 106 valence electrons. The minimum absolute atomic E-state index is 0.801. The molecule has 0 aromatic heterocycles. The summed E-state index contributed by atoms with van der Waals surface area (Å²) < 4.78 is 5.31. The molecule has 1 atom stereocenters. The van der Waals surface area contributed by atoms with E-state index in [4.69, 9.17) is 17.0 Å². The molecule has 0 spiro atoms. The maximum atomic E-state index is 5.46. The summed E-state index contributed by atoms with van der Waals surface area (Å²) in [6.07, 6.45) is 6.26. The van der Waals surface area contributed by atoms with Gasteiger partial charge in [-0.1, -0.05) is 13.3 Å². The van der Waals surface area contributed by atoms with Crippen LogP contribution in [0.2, 0.25) is 0 Å². The number of hydrogen-bond acceptors (Lipinski definition) is 2. The van der Waals surface area contributed by atoms with E-state index in [0.29, 0.717) is 0 Å². The second-order valence-corrected chi connectivity index (χ2v) is 5.36. The van der Waals surface area contributed by atoms with Crippen LogP contribution in [0.3, 0.4) is 0 Å². The van der Waals surface area contributed by atoms with E-state index in [1.165, 1.54) is 25.7 Å². The molecule has 0 radical (unpaired) electrons. The van der Waals surface area contributed by atoms with Gasteiger partial charge in [-0.05, 0) is 50.7 Å². The first-order chi connectivity index (χ1) is 8.77. The van der Waals surface area contributed by atoms with Crippen molar-refractivity contribution in [3.63, 3.8) is 0 Å². The van der Waals surface area contributed by atoms with Crippen LogP contribution in [0, 0.1) is 5.92 Å². The molecule has 1 heterocycles. The highest BCUT2D eigenvalue weighted by Gasteiger charge is 2.17. The molecule has 4 heteroatoms. The average molecular weight is 272 g/mol. The molecule has 0 bridgehead atoms. The van der Waals surface area contributed by atoms with Crippen molar-refractivity contribution in [2.24, 2.45) is 5.92 Å². The standard InChI is InChI=1S/C14H28N2OS/c1-3-13-7-5-10-16(11-8-13)14(18)15-9-6-12-17-4-2/h13H,3-12H2,1-2H3,(H,15,18). The zero-order valence-electron chi connectivity index (χ0n) is 11.9. The molecular formula is C14H28N2OS. The van der Waals surface area contributed by atoms with E-state index in [0.717, 1.165) is 50.3 Å². The maximum absolute atomic E-state index is 5.46. The minimum atomic E-state index is 0.801. The molecule has 18 heavy (non-hydrogen) atoms. The molecule has 0 amide bonds. The van der Waals surface area contributed by atoms with Crippen molar-refractivity contribution in [1.82, 2.24) is 10.2 Å². The molecule has 0 aliphatic carbocycles. The Labute approximate surface area is 117 Å². The van der Waals surface area contributed by atoms with Crippen molar-refractivity contribution in [3.8, 4) is 0 Å². The summed E-state index contributed by atoms with van der Waals surface area (Å²) >= 11 is 5.46. The molecule has 1 unspecified atom stereocenters. The van der Waals surface area contributed by atoms with Crippen LogP contribution in [0.1, 0.15) is 46.0 Å². The van der Waals surface area contributed by atoms with Crippen LogP contribution < -0.4 is 5.32 Å². The highest BCUT2D eigenvalue weighted by Crippen LogP contribution is 2.20. The van der Waals surface area contributed by atoms with Gasteiger partial charge >= 0.3 is 0 Å². The molecule has 0 aromatic rings. The monoisotopic (exact) mass is 272 g/mol. The van der Waals surface area contributed by atoms with Gasteiger partial charge in [-0.2, -0.15) is 0 Å². The molecule has 1 fully saturated rings. The predicted molar refractivity (Wildman–Crippen MR) is 80.9 cm³/mol. The fourth-order valence-corrected chi connectivity index (χ4v) is 2.69. The van der Waals surface area contributed by atoms with Gasteiger partial charge in [0.2, 0.25) is 0 Å². The Morgan fingerprint density at radius 3 is 2.89 bits per heavy atom. The number of nitrogens with one attached hydrogen (secondary N) is 1. The van der Waals surface area contributed by atoms with Crippen molar-refractivity contribution in [2.45, 2.75) is 46.0 Å². The van der Waals surface area contributed by atoms with E-state index in [2.05, 4.69) is 17.1 Å². The van der Waals surface area contributed by atoms with Gasteiger partial charge in [0, 0.05) is 32.8 Å². The number of hydrogen-bond donors (Lipinski definition) is 1. The lowest BCUT2D eigenvalue weighted by Crippen LogP contribution is -2.40. The second kappa shape index (κ2) is 9.56. The van der Waals surface area contributed by atoms with Crippen molar-refractivity contribution >= 4 is 17.3 Å². The van der Waals surface area contributed by atoms with Crippen LogP contribution >= 0.6 is 12.2 Å². The molecule has 0 saturated carbocycles. The molecule has 0 aromatic carbocycles. The lowest BCUT2D eigenvalue weighted by molar-refractivity contribution is 0.145. The summed E-state index contributed by atoms with van der Waals surface area (Å²) in [5.74, 6) is 0.899. The molecular weight excluding hydrogens is 244 g/mol. The van der Waals surface area contributed by atoms with Crippen molar-refractivity contribution in [1.29, 1.82) is 0 Å². The number of ether oxygens (including phenoxy) is 1. The quantitative estimate of drug-likeness (QED) is 0.593. The van der Waals surface area contributed by atoms with Gasteiger partial charge in [-0.25, -0.2) is 0 Å². The lowest BCUT2D eigenvalue weighted by atomic mass is 9.98. The van der Waals surface area contributed by atoms with Gasteiger partial charge in [0.15, 0.2) is 5.11 Å². The van der Waals surface area contributed by atoms with Crippen molar-refractivity contribution in [3.05, 3.63) is 0 Å². The van der Waals surface area contributed by atoms with Crippen LogP contribution in [0.25, 0.3) is 0 Å². The average Bonchev–Trinajstić information content (AvgIpc) is 2.63. The highest BCUT2D eigenvalue weighted by molar-refractivity contribution is 7.80. The second-order valence-electron chi connectivity index (χ2n) is 4.97. The Kier molecular flexibility index (Phi) is 8.34. The van der Waals surface area contributed by atoms with E-state index in [1.54, 1.807) is 0 Å². The normalized spacial score (nSPS) is 20.6. The third-order valence-corrected chi connectivity index (χ3v) is 4.06. The fraction of sp³-hybridized carbons (Fsp3) is 0.929. The Hall–Kier alpha value is -0.350. The zero-order chi connectivity index (χ0) is 13.2. The molecule has 1 aliphatic rings. The molecule has 1 aliphatic heterocycles. The predicted octanol–water partition coefficient (Wildman–Crippen LogP) is 2.80. The molecule has 1 rings (SSSR count). The van der Waals surface area contributed by atoms with Gasteiger partial charge in [-0.3, -0.25) is 0 Å². The summed E-state index contributed by atoms with van der Waals surface area (Å²) in [5, 5.41) is 4.28. The summed E-state index contributed by atoms with van der Waals surface area (Å²) in [7, 11) is 0. The number of nitrogens with zero attached hydrogens (tertiary/aromatic N) is 1. The smallest absolute Gasteiger partial charge is 0.168 e. The number of thiocarbonyl (C=S) groups is 1. The van der Waals surface area contributed by atoms with Gasteiger partial charge in [0.05, 0.1) is 0 Å². The van der Waals surface area contributed by atoms with Crippen LogP contribution in [0.4, 0.5) is 0 Å². The van der Waals surface area contributed by atoms with Crippen molar-refractivity contribution in [2.75, 3.05) is 32.8 Å². The summed E-state index contributed by atoms with van der Waals surface area (Å²) in [6, 6.07) is 0. The van der Waals surface area contributed by atoms with E-state index < -0.39 is 0 Å². The fourth-order valence-electron chi connectivity index (χ4n) is 2.40. The SMILES string of the molecule is CCOCCCNC(=S)N1CCCC(CC)CC1. The molecule has 3 nitrogen and oxygen atoms in total. The van der Waals surface area contributed by atoms with Crippen LogP contribution in [-0.2, 0) is 4.74 Å². The zero-order valence-corrected chi connectivity index (χ0v) is 12.7. The first-order valence-electron chi connectivity index (χ1n) is 7.38. The Morgan fingerprint density at radius 2 is 2.17 bits per heavy atom. The molecule has 1 N–H and O–H groups in total. The van der Waals surface area contributed by atoms with Gasteiger partial charge < -0.3 is 15.0 Å².